The molecular weight excluding hydrogens is 246 g/mol. The Labute approximate surface area is 100 Å². The molecule has 0 saturated heterocycles. The Morgan fingerprint density at radius 2 is 2.00 bits per heavy atom. The van der Waals surface area contributed by atoms with E-state index in [1.165, 1.54) is 23.5 Å². The molecule has 1 aromatic carbocycles. The highest BCUT2D eigenvalue weighted by Crippen LogP contribution is 2.17. The zero-order valence-electron chi connectivity index (χ0n) is 8.69. The number of carbonyl (C=O) groups excluding carboxylic acids is 1. The van der Waals surface area contributed by atoms with E-state index < -0.39 is 11.6 Å². The first-order chi connectivity index (χ1) is 8.19. The van der Waals surface area contributed by atoms with Gasteiger partial charge in [0.15, 0.2) is 0 Å². The van der Waals surface area contributed by atoms with Gasteiger partial charge in [0.1, 0.15) is 27.9 Å². The summed E-state index contributed by atoms with van der Waals surface area (Å²) in [5, 5.41) is 8.83. The maximum Gasteiger partial charge on any atom is 0.129 e. The number of aldehydes is 1. The van der Waals surface area contributed by atoms with Crippen molar-refractivity contribution in [3.63, 3.8) is 0 Å². The molecule has 0 aliphatic carbocycles. The van der Waals surface area contributed by atoms with Crippen molar-refractivity contribution in [3.05, 3.63) is 45.4 Å². The van der Waals surface area contributed by atoms with Crippen LogP contribution in [0.5, 0.6) is 0 Å². The van der Waals surface area contributed by atoms with Gasteiger partial charge in [0.2, 0.25) is 0 Å². The minimum atomic E-state index is -0.606. The molecule has 3 nitrogen and oxygen atoms in total. The average molecular weight is 254 g/mol. The van der Waals surface area contributed by atoms with Crippen LogP contribution in [0.2, 0.25) is 0 Å². The first-order valence-corrected chi connectivity index (χ1v) is 5.69. The van der Waals surface area contributed by atoms with Gasteiger partial charge in [-0.3, -0.25) is 0 Å². The van der Waals surface area contributed by atoms with E-state index in [2.05, 4.69) is 10.2 Å². The fraction of sp³-hybridized carbons (Fsp3) is 0.182. The summed E-state index contributed by atoms with van der Waals surface area (Å²) in [4.78, 5) is 10.3. The number of rotatable bonds is 4. The molecule has 0 saturated carbocycles. The van der Waals surface area contributed by atoms with Gasteiger partial charge in [-0.2, -0.15) is 0 Å². The average Bonchev–Trinajstić information content (AvgIpc) is 2.71. The zero-order chi connectivity index (χ0) is 12.3. The Bertz CT molecular complexity index is 542. The molecule has 0 unspecified atom stereocenters. The van der Waals surface area contributed by atoms with Crippen molar-refractivity contribution in [2.75, 3.05) is 0 Å². The molecular formula is C11H8F2N2OS. The van der Waals surface area contributed by atoms with Gasteiger partial charge in [-0.15, -0.1) is 21.5 Å². The highest BCUT2D eigenvalue weighted by molar-refractivity contribution is 7.11. The van der Waals surface area contributed by atoms with Gasteiger partial charge in [-0.05, 0) is 11.6 Å². The summed E-state index contributed by atoms with van der Waals surface area (Å²) in [5.41, 5.74) is 0.361. The van der Waals surface area contributed by atoms with E-state index in [-0.39, 0.29) is 12.8 Å². The summed E-state index contributed by atoms with van der Waals surface area (Å²) >= 11 is 1.25. The van der Waals surface area contributed by atoms with Crippen LogP contribution in [0.1, 0.15) is 15.6 Å². The van der Waals surface area contributed by atoms with Crippen LogP contribution in [0.4, 0.5) is 8.78 Å². The third kappa shape index (κ3) is 2.91. The van der Waals surface area contributed by atoms with E-state index in [1.54, 1.807) is 0 Å². The lowest BCUT2D eigenvalue weighted by molar-refractivity contribution is -0.107. The minimum absolute atomic E-state index is 0.212. The number of halogens is 2. The zero-order valence-corrected chi connectivity index (χ0v) is 9.51. The molecule has 2 rings (SSSR count). The third-order valence-corrected chi connectivity index (χ3v) is 3.07. The molecule has 0 radical (unpaired) electrons. The van der Waals surface area contributed by atoms with Gasteiger partial charge in [0.25, 0.3) is 0 Å². The Hall–Kier alpha value is -1.69. The van der Waals surface area contributed by atoms with Crippen LogP contribution in [0.25, 0.3) is 0 Å². The minimum Gasteiger partial charge on any atom is -0.303 e. The Kier molecular flexibility index (Phi) is 3.53. The van der Waals surface area contributed by atoms with Crippen molar-refractivity contribution in [1.29, 1.82) is 0 Å². The molecule has 0 aliphatic rings. The second-order valence-corrected chi connectivity index (χ2v) is 4.52. The Balaban J connectivity index is 2.16. The molecule has 0 atom stereocenters. The van der Waals surface area contributed by atoms with Crippen LogP contribution < -0.4 is 0 Å². The molecule has 2 aromatic rings. The quantitative estimate of drug-likeness (QED) is 0.785. The lowest BCUT2D eigenvalue weighted by Crippen LogP contribution is -1.93. The number of carbonyl (C=O) groups is 1. The molecule has 0 fully saturated rings. The van der Waals surface area contributed by atoms with Crippen molar-refractivity contribution >= 4 is 17.6 Å². The molecule has 0 spiro atoms. The molecule has 0 N–H and O–H groups in total. The van der Waals surface area contributed by atoms with Crippen molar-refractivity contribution in [3.8, 4) is 0 Å². The van der Waals surface area contributed by atoms with Gasteiger partial charge < -0.3 is 4.79 Å². The van der Waals surface area contributed by atoms with Gasteiger partial charge in [-0.1, -0.05) is 6.07 Å². The van der Waals surface area contributed by atoms with Gasteiger partial charge in [0, 0.05) is 12.5 Å². The van der Waals surface area contributed by atoms with Crippen LogP contribution >= 0.6 is 11.3 Å². The van der Waals surface area contributed by atoms with Gasteiger partial charge >= 0.3 is 0 Å². The van der Waals surface area contributed by atoms with Crippen LogP contribution in [0.15, 0.2) is 18.2 Å². The first kappa shape index (κ1) is 11.8. The van der Waals surface area contributed by atoms with Crippen LogP contribution in [0.3, 0.4) is 0 Å². The summed E-state index contributed by atoms with van der Waals surface area (Å²) in [7, 11) is 0. The fourth-order valence-corrected chi connectivity index (χ4v) is 2.16. The molecule has 6 heteroatoms. The smallest absolute Gasteiger partial charge is 0.129 e. The molecule has 0 bridgehead atoms. The molecule has 0 amide bonds. The van der Waals surface area contributed by atoms with E-state index in [4.69, 9.17) is 0 Å². The van der Waals surface area contributed by atoms with E-state index in [9.17, 15) is 13.6 Å². The van der Waals surface area contributed by atoms with Gasteiger partial charge in [0.05, 0.1) is 6.42 Å². The molecule has 0 aliphatic heterocycles. The fourth-order valence-electron chi connectivity index (χ4n) is 1.34. The SMILES string of the molecule is O=CCc1nnc(Cc2ccc(F)cc2F)s1. The molecule has 17 heavy (non-hydrogen) atoms. The Morgan fingerprint density at radius 3 is 2.71 bits per heavy atom. The summed E-state index contributed by atoms with van der Waals surface area (Å²) < 4.78 is 26.0. The predicted octanol–water partition coefficient (Wildman–Crippen LogP) is 2.15. The second kappa shape index (κ2) is 5.09. The Morgan fingerprint density at radius 1 is 1.24 bits per heavy atom. The van der Waals surface area contributed by atoms with Crippen molar-refractivity contribution in [2.24, 2.45) is 0 Å². The topological polar surface area (TPSA) is 42.9 Å². The summed E-state index contributed by atoms with van der Waals surface area (Å²) in [5.74, 6) is -1.21. The molecule has 1 aromatic heterocycles. The van der Waals surface area contributed by atoms with Crippen LogP contribution in [0, 0.1) is 11.6 Å². The summed E-state index contributed by atoms with van der Waals surface area (Å²) in [6.45, 7) is 0. The number of benzene rings is 1. The monoisotopic (exact) mass is 254 g/mol. The highest BCUT2D eigenvalue weighted by Gasteiger charge is 2.09. The number of nitrogens with zero attached hydrogens (tertiary/aromatic N) is 2. The third-order valence-electron chi connectivity index (χ3n) is 2.12. The number of hydrogen-bond acceptors (Lipinski definition) is 4. The maximum atomic E-state index is 13.4. The lowest BCUT2D eigenvalue weighted by atomic mass is 10.1. The van der Waals surface area contributed by atoms with E-state index in [0.29, 0.717) is 15.6 Å². The van der Waals surface area contributed by atoms with Crippen molar-refractivity contribution < 1.29 is 13.6 Å². The first-order valence-electron chi connectivity index (χ1n) is 4.88. The van der Waals surface area contributed by atoms with E-state index >= 15 is 0 Å². The van der Waals surface area contributed by atoms with Crippen LogP contribution in [-0.4, -0.2) is 16.5 Å². The maximum absolute atomic E-state index is 13.4. The predicted molar refractivity (Wildman–Crippen MR) is 58.8 cm³/mol. The summed E-state index contributed by atoms with van der Waals surface area (Å²) in [6.07, 6.45) is 1.20. The standard InChI is InChI=1S/C11H8F2N2OS/c12-8-2-1-7(9(13)6-8)5-11-15-14-10(17-11)3-4-16/h1-2,4,6H,3,5H2. The second-order valence-electron chi connectivity index (χ2n) is 3.37. The highest BCUT2D eigenvalue weighted by atomic mass is 32.1. The van der Waals surface area contributed by atoms with Crippen molar-refractivity contribution in [2.45, 2.75) is 12.8 Å². The summed E-state index contributed by atoms with van der Waals surface area (Å²) in [6, 6.07) is 3.42. The van der Waals surface area contributed by atoms with Crippen LogP contribution in [-0.2, 0) is 17.6 Å². The lowest BCUT2D eigenvalue weighted by Gasteiger charge is -1.99. The largest absolute Gasteiger partial charge is 0.303 e. The normalized spacial score (nSPS) is 10.5. The van der Waals surface area contributed by atoms with Gasteiger partial charge in [-0.25, -0.2) is 8.78 Å². The molecule has 88 valence electrons. The van der Waals surface area contributed by atoms with E-state index in [1.807, 2.05) is 0 Å². The molecule has 1 heterocycles. The number of aromatic nitrogens is 2. The number of hydrogen-bond donors (Lipinski definition) is 0. The van der Waals surface area contributed by atoms with E-state index in [0.717, 1.165) is 12.4 Å². The van der Waals surface area contributed by atoms with Crippen molar-refractivity contribution in [1.82, 2.24) is 10.2 Å².